The molecule has 0 aromatic heterocycles. The van der Waals surface area contributed by atoms with E-state index < -0.39 is 6.09 Å². The highest BCUT2D eigenvalue weighted by Crippen LogP contribution is 1.99. The van der Waals surface area contributed by atoms with E-state index in [-0.39, 0.29) is 0 Å². The molecule has 0 spiro atoms. The van der Waals surface area contributed by atoms with Crippen molar-refractivity contribution in [1.82, 2.24) is 5.32 Å². The Hall–Kier alpha value is -0.710. The van der Waals surface area contributed by atoms with Crippen LogP contribution in [0.15, 0.2) is 4.99 Å². The van der Waals surface area contributed by atoms with Gasteiger partial charge in [0.2, 0.25) is 0 Å². The Kier molecular flexibility index (Phi) is 6.40. The van der Waals surface area contributed by atoms with E-state index in [1.54, 1.807) is 0 Å². The summed E-state index contributed by atoms with van der Waals surface area (Å²) in [6, 6.07) is 0. The average Bonchev–Trinajstić information content (AvgIpc) is 2.11. The topological polar surface area (TPSA) is 50.7 Å². The Morgan fingerprint density at radius 1 is 1.62 bits per heavy atom. The fourth-order valence-electron chi connectivity index (χ4n) is 0.559. The van der Waals surface area contributed by atoms with Crippen molar-refractivity contribution in [2.75, 3.05) is 19.9 Å². The van der Waals surface area contributed by atoms with E-state index in [4.69, 9.17) is 0 Å². The molecule has 0 radical (unpaired) electrons. The summed E-state index contributed by atoms with van der Waals surface area (Å²) in [6.45, 7) is 4.85. The largest absolute Gasteiger partial charge is 0.453 e. The fraction of sp³-hybridized carbons (Fsp3) is 0.750. The molecule has 13 heavy (non-hydrogen) atoms. The number of amidine groups is 1. The first-order valence-corrected chi connectivity index (χ1v) is 5.26. The van der Waals surface area contributed by atoms with E-state index in [9.17, 15) is 4.79 Å². The maximum atomic E-state index is 10.8. The van der Waals surface area contributed by atoms with Gasteiger partial charge in [-0.25, -0.2) is 4.79 Å². The van der Waals surface area contributed by atoms with E-state index >= 15 is 0 Å². The number of thioether (sulfide) groups is 1. The lowest BCUT2D eigenvalue weighted by Gasteiger charge is -2.05. The van der Waals surface area contributed by atoms with Crippen molar-refractivity contribution in [1.29, 1.82) is 0 Å². The van der Waals surface area contributed by atoms with Gasteiger partial charge in [-0.1, -0.05) is 25.6 Å². The van der Waals surface area contributed by atoms with Crippen molar-refractivity contribution in [2.24, 2.45) is 10.9 Å². The second-order valence-corrected chi connectivity index (χ2v) is 3.66. The number of amides is 1. The van der Waals surface area contributed by atoms with E-state index in [0.717, 1.165) is 0 Å². The first kappa shape index (κ1) is 12.3. The summed E-state index contributed by atoms with van der Waals surface area (Å²) in [7, 11) is 1.33. The standard InChI is InChI=1S/C8H16N2O2S/c1-6(2)5-9-7(13-4)10-8(11)12-3/h6H,5H2,1-4H3,(H,9,10,11). The average molecular weight is 204 g/mol. The number of rotatable bonds is 2. The summed E-state index contributed by atoms with van der Waals surface area (Å²) in [5, 5.41) is 3.12. The molecule has 1 amide bonds. The summed E-state index contributed by atoms with van der Waals surface area (Å²) < 4.78 is 4.45. The maximum Gasteiger partial charge on any atom is 0.412 e. The van der Waals surface area contributed by atoms with Crippen LogP contribution in [0.25, 0.3) is 0 Å². The van der Waals surface area contributed by atoms with Gasteiger partial charge in [-0.15, -0.1) is 0 Å². The van der Waals surface area contributed by atoms with E-state index in [0.29, 0.717) is 17.6 Å². The first-order chi connectivity index (χ1) is 6.10. The number of aliphatic imine (C=N–C) groups is 1. The minimum absolute atomic E-state index is 0.475. The molecule has 0 saturated carbocycles. The predicted octanol–water partition coefficient (Wildman–Crippen LogP) is 1.72. The highest BCUT2D eigenvalue weighted by atomic mass is 32.2. The molecule has 0 rings (SSSR count). The molecule has 76 valence electrons. The van der Waals surface area contributed by atoms with Gasteiger partial charge in [0.15, 0.2) is 5.17 Å². The van der Waals surface area contributed by atoms with Crippen molar-refractivity contribution in [3.63, 3.8) is 0 Å². The number of nitrogens with zero attached hydrogens (tertiary/aromatic N) is 1. The van der Waals surface area contributed by atoms with Crippen molar-refractivity contribution in [2.45, 2.75) is 13.8 Å². The number of hydrogen-bond acceptors (Lipinski definition) is 4. The Morgan fingerprint density at radius 3 is 2.62 bits per heavy atom. The maximum absolute atomic E-state index is 10.8. The highest BCUT2D eigenvalue weighted by molar-refractivity contribution is 8.13. The van der Waals surface area contributed by atoms with Crippen LogP contribution >= 0.6 is 11.8 Å². The number of hydrogen-bond donors (Lipinski definition) is 1. The third-order valence-corrected chi connectivity index (χ3v) is 1.81. The summed E-state index contributed by atoms with van der Waals surface area (Å²) in [6.07, 6.45) is 1.38. The zero-order chi connectivity index (χ0) is 10.3. The van der Waals surface area contributed by atoms with Crippen LogP contribution in [0.1, 0.15) is 13.8 Å². The molecular weight excluding hydrogens is 188 g/mol. The number of ether oxygens (including phenoxy) is 1. The Balaban J connectivity index is 4.01. The number of carbonyl (C=O) groups is 1. The first-order valence-electron chi connectivity index (χ1n) is 4.03. The van der Waals surface area contributed by atoms with Crippen LogP contribution in [0.4, 0.5) is 4.79 Å². The highest BCUT2D eigenvalue weighted by Gasteiger charge is 2.03. The normalized spacial score (nSPS) is 11.6. The molecule has 0 bridgehead atoms. The molecule has 0 aliphatic carbocycles. The zero-order valence-corrected chi connectivity index (χ0v) is 9.27. The van der Waals surface area contributed by atoms with Gasteiger partial charge in [0, 0.05) is 6.54 Å². The number of carbonyl (C=O) groups excluding carboxylic acids is 1. The lowest BCUT2D eigenvalue weighted by molar-refractivity contribution is 0.177. The number of alkyl carbamates (subject to hydrolysis) is 1. The second-order valence-electron chi connectivity index (χ2n) is 2.86. The molecule has 0 saturated heterocycles. The predicted molar refractivity (Wildman–Crippen MR) is 56.2 cm³/mol. The minimum Gasteiger partial charge on any atom is -0.453 e. The van der Waals surface area contributed by atoms with Crippen LogP contribution in [0.2, 0.25) is 0 Å². The van der Waals surface area contributed by atoms with Crippen LogP contribution in [-0.4, -0.2) is 31.2 Å². The number of nitrogens with one attached hydrogen (secondary N) is 1. The summed E-state index contributed by atoms with van der Waals surface area (Å²) in [5.74, 6) is 0.488. The molecule has 0 aliphatic heterocycles. The minimum atomic E-state index is -0.475. The molecule has 0 unspecified atom stereocenters. The van der Waals surface area contributed by atoms with Crippen LogP contribution in [0.3, 0.4) is 0 Å². The van der Waals surface area contributed by atoms with Gasteiger partial charge >= 0.3 is 6.09 Å². The Labute approximate surface area is 83.1 Å². The molecule has 1 N–H and O–H groups in total. The monoisotopic (exact) mass is 204 g/mol. The summed E-state index contributed by atoms with van der Waals surface area (Å²) in [4.78, 5) is 15.0. The van der Waals surface area contributed by atoms with Crippen molar-refractivity contribution < 1.29 is 9.53 Å². The molecule has 0 fully saturated rings. The van der Waals surface area contributed by atoms with Gasteiger partial charge in [0.05, 0.1) is 7.11 Å². The fourth-order valence-corrected chi connectivity index (χ4v) is 0.948. The van der Waals surface area contributed by atoms with Crippen molar-refractivity contribution in [3.05, 3.63) is 0 Å². The molecule has 0 heterocycles. The van der Waals surface area contributed by atoms with Crippen LogP contribution in [0, 0.1) is 5.92 Å². The van der Waals surface area contributed by atoms with Crippen molar-refractivity contribution >= 4 is 23.0 Å². The van der Waals surface area contributed by atoms with Gasteiger partial charge in [-0.2, -0.15) is 0 Å². The van der Waals surface area contributed by atoms with Gasteiger partial charge in [-0.3, -0.25) is 10.3 Å². The molecule has 0 atom stereocenters. The van der Waals surface area contributed by atoms with Gasteiger partial charge in [0.1, 0.15) is 0 Å². The molecule has 5 heteroatoms. The zero-order valence-electron chi connectivity index (χ0n) is 8.46. The quantitative estimate of drug-likeness (QED) is 0.550. The number of methoxy groups -OCH3 is 1. The van der Waals surface area contributed by atoms with E-state index in [1.807, 2.05) is 6.26 Å². The Morgan fingerprint density at radius 2 is 2.23 bits per heavy atom. The third kappa shape index (κ3) is 6.45. The van der Waals surface area contributed by atoms with Crippen LogP contribution < -0.4 is 5.32 Å². The summed E-state index contributed by atoms with van der Waals surface area (Å²) in [5.41, 5.74) is 0. The Bertz CT molecular complexity index is 193. The summed E-state index contributed by atoms with van der Waals surface area (Å²) >= 11 is 1.39. The van der Waals surface area contributed by atoms with Gasteiger partial charge in [-0.05, 0) is 12.2 Å². The lowest BCUT2D eigenvalue weighted by Crippen LogP contribution is -2.28. The third-order valence-electron chi connectivity index (χ3n) is 1.19. The van der Waals surface area contributed by atoms with Gasteiger partial charge in [0.25, 0.3) is 0 Å². The SMILES string of the molecule is COC(=O)N/C(=N/CC(C)C)SC. The second kappa shape index (κ2) is 6.77. The smallest absolute Gasteiger partial charge is 0.412 e. The molecular formula is C8H16N2O2S. The molecule has 0 aromatic rings. The van der Waals surface area contributed by atoms with Crippen molar-refractivity contribution in [3.8, 4) is 0 Å². The molecule has 0 aliphatic rings. The van der Waals surface area contributed by atoms with E-state index in [1.165, 1.54) is 18.9 Å². The molecule has 4 nitrogen and oxygen atoms in total. The van der Waals surface area contributed by atoms with Crippen LogP contribution in [0.5, 0.6) is 0 Å². The van der Waals surface area contributed by atoms with Crippen LogP contribution in [-0.2, 0) is 4.74 Å². The molecule has 0 aromatic carbocycles. The van der Waals surface area contributed by atoms with Gasteiger partial charge < -0.3 is 4.74 Å². The lowest BCUT2D eigenvalue weighted by atomic mass is 10.2. The van der Waals surface area contributed by atoms with E-state index in [2.05, 4.69) is 28.9 Å².